The third-order valence-corrected chi connectivity index (χ3v) is 5.77. The maximum atomic E-state index is 13.7. The Morgan fingerprint density at radius 3 is 2.55 bits per heavy atom. The number of primary amides is 1. The van der Waals surface area contributed by atoms with Gasteiger partial charge >= 0.3 is 6.18 Å². The van der Waals surface area contributed by atoms with Crippen molar-refractivity contribution in [2.45, 2.75) is 57.9 Å². The van der Waals surface area contributed by atoms with E-state index < -0.39 is 23.9 Å². The largest absolute Gasteiger partial charge is 0.392 e. The highest BCUT2D eigenvalue weighted by atomic mass is 19.4. The highest BCUT2D eigenvalue weighted by molar-refractivity contribution is 5.94. The Bertz CT molecular complexity index is 831. The van der Waals surface area contributed by atoms with E-state index in [0.29, 0.717) is 43.9 Å². The molecule has 0 saturated heterocycles. The number of rotatable bonds is 7. The molecule has 4 nitrogen and oxygen atoms in total. The smallest absolute Gasteiger partial charge is 0.375 e. The molecule has 7 heteroatoms. The maximum Gasteiger partial charge on any atom is 0.392 e. The summed E-state index contributed by atoms with van der Waals surface area (Å²) < 4.78 is 48.5. The first-order chi connectivity index (χ1) is 13.8. The van der Waals surface area contributed by atoms with E-state index in [1.165, 1.54) is 0 Å². The van der Waals surface area contributed by atoms with Crippen LogP contribution in [0.3, 0.4) is 0 Å². The molecule has 1 saturated carbocycles. The van der Waals surface area contributed by atoms with E-state index in [-0.39, 0.29) is 12.0 Å². The van der Waals surface area contributed by atoms with Gasteiger partial charge in [-0.2, -0.15) is 13.2 Å². The van der Waals surface area contributed by atoms with Crippen molar-refractivity contribution in [1.29, 1.82) is 0 Å². The van der Waals surface area contributed by atoms with Crippen LogP contribution >= 0.6 is 0 Å². The summed E-state index contributed by atoms with van der Waals surface area (Å²) in [5, 5.41) is 0. The zero-order valence-electron chi connectivity index (χ0n) is 16.5. The number of hydrogen-bond donors (Lipinski definition) is 1. The highest BCUT2D eigenvalue weighted by Crippen LogP contribution is 2.47. The monoisotopic (exact) mass is 408 g/mol. The lowest BCUT2D eigenvalue weighted by Crippen LogP contribution is -2.33. The third-order valence-electron chi connectivity index (χ3n) is 5.77. The molecule has 0 aliphatic heterocycles. The molecule has 0 spiro atoms. The number of nitrogens with zero attached hydrogens (tertiary/aromatic N) is 1. The number of hydrogen-bond acceptors (Lipinski definition) is 2. The van der Waals surface area contributed by atoms with Gasteiger partial charge in [0.1, 0.15) is 0 Å². The molecule has 1 aliphatic rings. The normalized spacial score (nSPS) is 20.0. The molecule has 2 unspecified atom stereocenters. The van der Waals surface area contributed by atoms with Gasteiger partial charge in [-0.3, -0.25) is 4.79 Å². The Kier molecular flexibility index (Phi) is 6.67. The average molecular weight is 408 g/mol. The van der Waals surface area contributed by atoms with Gasteiger partial charge in [-0.15, -0.1) is 0 Å². The second-order valence-electron chi connectivity index (χ2n) is 7.69. The van der Waals surface area contributed by atoms with E-state index in [0.717, 1.165) is 12.0 Å². The molecule has 2 N–H and O–H groups in total. The molecular weight excluding hydrogens is 381 g/mol. The number of halogens is 3. The van der Waals surface area contributed by atoms with E-state index in [2.05, 4.69) is 0 Å². The molecule has 3 rings (SSSR count). The first-order valence-electron chi connectivity index (χ1n) is 9.97. The molecule has 1 aromatic carbocycles. The Balaban J connectivity index is 1.81. The van der Waals surface area contributed by atoms with Crippen LogP contribution in [0.4, 0.5) is 13.2 Å². The topological polar surface area (TPSA) is 57.2 Å². The Morgan fingerprint density at radius 2 is 1.90 bits per heavy atom. The predicted octanol–water partition coefficient (Wildman–Crippen LogP) is 4.95. The molecule has 1 amide bonds. The van der Waals surface area contributed by atoms with Gasteiger partial charge in [0.2, 0.25) is 0 Å². The minimum atomic E-state index is -4.26. The van der Waals surface area contributed by atoms with Gasteiger partial charge in [-0.25, -0.2) is 0 Å². The van der Waals surface area contributed by atoms with Gasteiger partial charge in [-0.1, -0.05) is 43.2 Å². The molecule has 1 aromatic heterocycles. The van der Waals surface area contributed by atoms with Crippen molar-refractivity contribution in [3.63, 3.8) is 0 Å². The van der Waals surface area contributed by atoms with Crippen molar-refractivity contribution in [2.24, 2.45) is 11.7 Å². The molecule has 0 radical (unpaired) electrons. The van der Waals surface area contributed by atoms with Crippen LogP contribution in [0, 0.1) is 12.8 Å². The molecule has 158 valence electrons. The van der Waals surface area contributed by atoms with E-state index in [4.69, 9.17) is 10.5 Å². The summed E-state index contributed by atoms with van der Waals surface area (Å²) in [7, 11) is 0. The van der Waals surface area contributed by atoms with E-state index in [9.17, 15) is 18.0 Å². The molecule has 0 bridgehead atoms. The van der Waals surface area contributed by atoms with Crippen LogP contribution in [-0.4, -0.2) is 23.3 Å². The minimum absolute atomic E-state index is 0.120. The first-order valence-corrected chi connectivity index (χ1v) is 9.97. The Morgan fingerprint density at radius 1 is 1.21 bits per heavy atom. The summed E-state index contributed by atoms with van der Waals surface area (Å²) in [6.07, 6.45) is -0.779. The summed E-state index contributed by atoms with van der Waals surface area (Å²) in [4.78, 5) is 11.8. The number of amides is 1. The number of alkyl halides is 3. The van der Waals surface area contributed by atoms with Crippen LogP contribution in [0.15, 0.2) is 36.5 Å². The third kappa shape index (κ3) is 5.01. The zero-order chi connectivity index (χ0) is 21.0. The van der Waals surface area contributed by atoms with Gasteiger partial charge in [-0.05, 0) is 30.9 Å². The number of carbonyl (C=O) groups excluding carboxylic acids is 1. The second kappa shape index (κ2) is 9.03. The fraction of sp³-hybridized carbons (Fsp3) is 0.500. The van der Waals surface area contributed by atoms with Crippen LogP contribution in [0.5, 0.6) is 0 Å². The summed E-state index contributed by atoms with van der Waals surface area (Å²) in [5.41, 5.74) is 7.92. The van der Waals surface area contributed by atoms with Crippen LogP contribution < -0.4 is 5.73 Å². The fourth-order valence-corrected chi connectivity index (χ4v) is 4.38. The highest BCUT2D eigenvalue weighted by Gasteiger charge is 2.47. The van der Waals surface area contributed by atoms with Gasteiger partial charge in [0.15, 0.2) is 0 Å². The molecule has 2 aromatic rings. The predicted molar refractivity (Wildman–Crippen MR) is 105 cm³/mol. The van der Waals surface area contributed by atoms with E-state index >= 15 is 0 Å². The summed E-state index contributed by atoms with van der Waals surface area (Å²) in [6.45, 7) is 2.82. The van der Waals surface area contributed by atoms with Crippen molar-refractivity contribution in [2.75, 3.05) is 6.61 Å². The van der Waals surface area contributed by atoms with Crippen molar-refractivity contribution in [1.82, 2.24) is 4.57 Å². The number of carbonyl (C=O) groups is 1. The SMILES string of the molecule is Cc1c(C(N)=O)cn(CCOCc2ccccc2)c1C1CCCCC1C(F)(F)F. The maximum absolute atomic E-state index is 13.7. The van der Waals surface area contributed by atoms with Gasteiger partial charge in [0.25, 0.3) is 5.91 Å². The van der Waals surface area contributed by atoms with E-state index in [1.807, 2.05) is 30.3 Å². The molecule has 1 fully saturated rings. The summed E-state index contributed by atoms with van der Waals surface area (Å²) >= 11 is 0. The lowest BCUT2D eigenvalue weighted by molar-refractivity contribution is -0.187. The number of aromatic nitrogens is 1. The van der Waals surface area contributed by atoms with Crippen LogP contribution in [0.2, 0.25) is 0 Å². The average Bonchev–Trinajstić information content (AvgIpc) is 3.02. The lowest BCUT2D eigenvalue weighted by Gasteiger charge is -2.34. The van der Waals surface area contributed by atoms with Gasteiger partial charge < -0.3 is 15.0 Å². The lowest BCUT2D eigenvalue weighted by atomic mass is 9.76. The summed E-state index contributed by atoms with van der Waals surface area (Å²) in [5.74, 6) is -2.67. The van der Waals surface area contributed by atoms with Crippen LogP contribution in [0.25, 0.3) is 0 Å². The van der Waals surface area contributed by atoms with Crippen molar-refractivity contribution < 1.29 is 22.7 Å². The minimum Gasteiger partial charge on any atom is -0.375 e. The quantitative estimate of drug-likeness (QED) is 0.659. The molecular formula is C22H27F3N2O2. The number of ether oxygens (including phenoxy) is 1. The van der Waals surface area contributed by atoms with Gasteiger partial charge in [0, 0.05) is 24.4 Å². The first kappa shape index (κ1) is 21.4. The summed E-state index contributed by atoms with van der Waals surface area (Å²) in [6, 6.07) is 9.67. The number of benzene rings is 1. The van der Waals surface area contributed by atoms with Crippen LogP contribution in [-0.2, 0) is 17.9 Å². The molecule has 1 heterocycles. The Hall–Kier alpha value is -2.28. The molecule has 2 atom stereocenters. The fourth-order valence-electron chi connectivity index (χ4n) is 4.38. The number of nitrogens with two attached hydrogens (primary N) is 1. The Labute approximate surface area is 168 Å². The second-order valence-corrected chi connectivity index (χ2v) is 7.69. The molecule has 29 heavy (non-hydrogen) atoms. The van der Waals surface area contributed by atoms with Crippen molar-refractivity contribution >= 4 is 5.91 Å². The van der Waals surface area contributed by atoms with E-state index in [1.54, 1.807) is 17.7 Å². The van der Waals surface area contributed by atoms with Crippen LogP contribution in [0.1, 0.15) is 58.8 Å². The van der Waals surface area contributed by atoms with Gasteiger partial charge in [0.05, 0.1) is 24.7 Å². The van der Waals surface area contributed by atoms with Crippen molar-refractivity contribution in [3.8, 4) is 0 Å². The molecule has 1 aliphatic carbocycles. The standard InChI is InChI=1S/C22H27F3N2O2/c1-15-18(21(26)28)13-27(11-12-29-14-16-7-3-2-4-8-16)20(15)17-9-5-6-10-19(17)22(23,24)25/h2-4,7-8,13,17,19H,5-6,9-12,14H2,1H3,(H2,26,28). The van der Waals surface area contributed by atoms with Crippen molar-refractivity contribution in [3.05, 3.63) is 58.9 Å². The zero-order valence-corrected chi connectivity index (χ0v) is 16.5.